The van der Waals surface area contributed by atoms with Crippen molar-refractivity contribution in [1.29, 1.82) is 0 Å². The Labute approximate surface area is 209 Å². The molecular formula is C24H36IN5O2. The van der Waals surface area contributed by atoms with E-state index in [2.05, 4.69) is 44.6 Å². The molecule has 7 nitrogen and oxygen atoms in total. The van der Waals surface area contributed by atoms with Crippen LogP contribution in [0.5, 0.6) is 5.75 Å². The zero-order valence-electron chi connectivity index (χ0n) is 19.3. The molecule has 0 bridgehead atoms. The molecule has 3 rings (SSSR count). The molecule has 0 radical (unpaired) electrons. The van der Waals surface area contributed by atoms with Crippen LogP contribution in [0.15, 0.2) is 47.6 Å². The minimum atomic E-state index is 0. The van der Waals surface area contributed by atoms with Crippen molar-refractivity contribution >= 4 is 41.4 Å². The summed E-state index contributed by atoms with van der Waals surface area (Å²) < 4.78 is 10.8. The van der Waals surface area contributed by atoms with Gasteiger partial charge in [0.15, 0.2) is 5.96 Å². The molecule has 1 fully saturated rings. The van der Waals surface area contributed by atoms with Crippen LogP contribution < -0.4 is 20.3 Å². The monoisotopic (exact) mass is 553 g/mol. The Hall–Kier alpha value is -2.07. The first kappa shape index (κ1) is 26.2. The maximum Gasteiger partial charge on any atom is 0.195 e. The lowest BCUT2D eigenvalue weighted by atomic mass is 9.99. The number of nitrogens with zero attached hydrogens (tertiary/aromatic N) is 3. The van der Waals surface area contributed by atoms with Crippen LogP contribution in [-0.4, -0.2) is 51.4 Å². The second kappa shape index (κ2) is 14.2. The Bertz CT molecular complexity index is 823. The quantitative estimate of drug-likeness (QED) is 0.206. The zero-order chi connectivity index (χ0) is 21.9. The SMILES string of the molecule is CN=C(NCc1ccc(N2CCC(C)CC2)nc1)Nc1cccc(OCCCOC)c1.I. The summed E-state index contributed by atoms with van der Waals surface area (Å²) in [6.07, 6.45) is 5.29. The Morgan fingerprint density at radius 2 is 2.00 bits per heavy atom. The summed E-state index contributed by atoms with van der Waals surface area (Å²) in [6, 6.07) is 12.1. The Morgan fingerprint density at radius 1 is 1.19 bits per heavy atom. The number of benzene rings is 1. The molecule has 1 saturated heterocycles. The Kier molecular flexibility index (Phi) is 11.6. The highest BCUT2D eigenvalue weighted by atomic mass is 127. The molecule has 2 aromatic rings. The van der Waals surface area contributed by atoms with Gasteiger partial charge in [-0.05, 0) is 42.5 Å². The Morgan fingerprint density at radius 3 is 2.69 bits per heavy atom. The molecule has 0 saturated carbocycles. The van der Waals surface area contributed by atoms with Gasteiger partial charge in [0.1, 0.15) is 11.6 Å². The van der Waals surface area contributed by atoms with Gasteiger partial charge >= 0.3 is 0 Å². The number of piperidine rings is 1. The van der Waals surface area contributed by atoms with Gasteiger partial charge in [0.25, 0.3) is 0 Å². The second-order valence-electron chi connectivity index (χ2n) is 7.97. The van der Waals surface area contributed by atoms with Crippen molar-refractivity contribution in [2.45, 2.75) is 32.7 Å². The molecule has 1 aliphatic rings. The first-order chi connectivity index (χ1) is 15.2. The number of ether oxygens (including phenoxy) is 2. The topological polar surface area (TPSA) is 71.0 Å². The molecule has 0 amide bonds. The van der Waals surface area contributed by atoms with Crippen LogP contribution in [0, 0.1) is 5.92 Å². The molecule has 1 aliphatic heterocycles. The van der Waals surface area contributed by atoms with Crippen LogP contribution >= 0.6 is 24.0 Å². The molecule has 32 heavy (non-hydrogen) atoms. The Balaban J connectivity index is 0.00000363. The van der Waals surface area contributed by atoms with E-state index >= 15 is 0 Å². The lowest BCUT2D eigenvalue weighted by Gasteiger charge is -2.31. The minimum absolute atomic E-state index is 0. The highest BCUT2D eigenvalue weighted by Crippen LogP contribution is 2.21. The van der Waals surface area contributed by atoms with Crippen molar-refractivity contribution in [2.24, 2.45) is 10.9 Å². The van der Waals surface area contributed by atoms with E-state index in [0.29, 0.717) is 25.7 Å². The minimum Gasteiger partial charge on any atom is -0.493 e. The number of aromatic nitrogens is 1. The third-order valence-electron chi connectivity index (χ3n) is 5.46. The summed E-state index contributed by atoms with van der Waals surface area (Å²) in [5, 5.41) is 6.66. The molecule has 0 aliphatic carbocycles. The van der Waals surface area contributed by atoms with E-state index in [0.717, 1.165) is 48.2 Å². The summed E-state index contributed by atoms with van der Waals surface area (Å²) >= 11 is 0. The number of methoxy groups -OCH3 is 1. The maximum atomic E-state index is 5.77. The molecule has 2 N–H and O–H groups in total. The fourth-order valence-electron chi connectivity index (χ4n) is 3.50. The van der Waals surface area contributed by atoms with Crippen molar-refractivity contribution in [3.63, 3.8) is 0 Å². The average Bonchev–Trinajstić information content (AvgIpc) is 2.81. The predicted molar refractivity (Wildman–Crippen MR) is 143 cm³/mol. The molecule has 1 aromatic heterocycles. The van der Waals surface area contributed by atoms with Crippen LogP contribution in [0.4, 0.5) is 11.5 Å². The summed E-state index contributed by atoms with van der Waals surface area (Å²) in [7, 11) is 3.46. The van der Waals surface area contributed by atoms with Gasteiger partial charge in [0.2, 0.25) is 0 Å². The number of guanidine groups is 1. The van der Waals surface area contributed by atoms with E-state index < -0.39 is 0 Å². The standard InChI is InChI=1S/C24H35N5O2.HI/c1-19-10-12-29(13-11-19)23-9-8-20(17-26-23)18-27-24(25-2)28-21-6-4-7-22(16-21)31-15-5-14-30-3;/h4,6-9,16-17,19H,5,10-15,18H2,1-3H3,(H2,25,27,28);1H. The lowest BCUT2D eigenvalue weighted by Crippen LogP contribution is -2.33. The number of nitrogens with one attached hydrogen (secondary N) is 2. The third-order valence-corrected chi connectivity index (χ3v) is 5.46. The van der Waals surface area contributed by atoms with Gasteiger partial charge in [0.05, 0.1) is 6.61 Å². The van der Waals surface area contributed by atoms with Gasteiger partial charge in [-0.15, -0.1) is 24.0 Å². The van der Waals surface area contributed by atoms with Gasteiger partial charge < -0.3 is 25.0 Å². The molecule has 1 aromatic carbocycles. The van der Waals surface area contributed by atoms with Crippen molar-refractivity contribution in [3.8, 4) is 5.75 Å². The molecule has 2 heterocycles. The van der Waals surface area contributed by atoms with Crippen LogP contribution in [0.3, 0.4) is 0 Å². The highest BCUT2D eigenvalue weighted by Gasteiger charge is 2.16. The fourth-order valence-corrected chi connectivity index (χ4v) is 3.50. The van der Waals surface area contributed by atoms with E-state index in [9.17, 15) is 0 Å². The van der Waals surface area contributed by atoms with Crippen molar-refractivity contribution in [2.75, 3.05) is 50.7 Å². The fraction of sp³-hybridized carbons (Fsp3) is 0.500. The summed E-state index contributed by atoms with van der Waals surface area (Å²) in [5.74, 6) is 3.41. The van der Waals surface area contributed by atoms with Gasteiger partial charge in [-0.25, -0.2) is 4.98 Å². The molecule has 0 atom stereocenters. The third kappa shape index (κ3) is 8.46. The zero-order valence-corrected chi connectivity index (χ0v) is 21.7. The van der Waals surface area contributed by atoms with Gasteiger partial charge in [-0.3, -0.25) is 4.99 Å². The summed E-state index contributed by atoms with van der Waals surface area (Å²) in [4.78, 5) is 11.4. The number of anilines is 2. The van der Waals surface area contributed by atoms with E-state index in [4.69, 9.17) is 9.47 Å². The van der Waals surface area contributed by atoms with E-state index in [-0.39, 0.29) is 24.0 Å². The number of hydrogen-bond donors (Lipinski definition) is 2. The number of halogens is 1. The van der Waals surface area contributed by atoms with Gasteiger partial charge in [0, 0.05) is 64.8 Å². The number of rotatable bonds is 9. The highest BCUT2D eigenvalue weighted by molar-refractivity contribution is 14.0. The maximum absolute atomic E-state index is 5.77. The number of aliphatic imine (C=N–C) groups is 1. The number of hydrogen-bond acceptors (Lipinski definition) is 5. The molecule has 8 heteroatoms. The predicted octanol–water partition coefficient (Wildman–Crippen LogP) is 4.54. The lowest BCUT2D eigenvalue weighted by molar-refractivity contribution is 0.172. The van der Waals surface area contributed by atoms with Crippen molar-refractivity contribution in [3.05, 3.63) is 48.2 Å². The van der Waals surface area contributed by atoms with Crippen LogP contribution in [-0.2, 0) is 11.3 Å². The van der Waals surface area contributed by atoms with Crippen LogP contribution in [0.25, 0.3) is 0 Å². The van der Waals surface area contributed by atoms with E-state index in [1.54, 1.807) is 14.2 Å². The summed E-state index contributed by atoms with van der Waals surface area (Å²) in [5.41, 5.74) is 2.04. The first-order valence-corrected chi connectivity index (χ1v) is 11.1. The van der Waals surface area contributed by atoms with Crippen LogP contribution in [0.1, 0.15) is 31.7 Å². The van der Waals surface area contributed by atoms with Gasteiger partial charge in [-0.2, -0.15) is 0 Å². The van der Waals surface area contributed by atoms with E-state index in [1.165, 1.54) is 12.8 Å². The molecule has 0 spiro atoms. The van der Waals surface area contributed by atoms with Crippen molar-refractivity contribution in [1.82, 2.24) is 10.3 Å². The smallest absolute Gasteiger partial charge is 0.195 e. The summed E-state index contributed by atoms with van der Waals surface area (Å²) in [6.45, 7) is 6.49. The normalized spacial score (nSPS) is 14.6. The molecule has 176 valence electrons. The van der Waals surface area contributed by atoms with Crippen LogP contribution in [0.2, 0.25) is 0 Å². The largest absolute Gasteiger partial charge is 0.493 e. The second-order valence-corrected chi connectivity index (χ2v) is 7.97. The van der Waals surface area contributed by atoms with Gasteiger partial charge in [-0.1, -0.05) is 19.1 Å². The van der Waals surface area contributed by atoms with Crippen molar-refractivity contribution < 1.29 is 9.47 Å². The molecule has 0 unspecified atom stereocenters. The number of pyridine rings is 1. The average molecular weight is 553 g/mol. The van der Waals surface area contributed by atoms with E-state index in [1.807, 2.05) is 30.5 Å². The molecular weight excluding hydrogens is 517 g/mol. The first-order valence-electron chi connectivity index (χ1n) is 11.1.